The number of rotatable bonds is 6. The van der Waals surface area contributed by atoms with E-state index in [4.69, 9.17) is 15.5 Å². The predicted octanol–water partition coefficient (Wildman–Crippen LogP) is 4.76. The van der Waals surface area contributed by atoms with Gasteiger partial charge in [-0.1, -0.05) is 19.9 Å². The molecule has 0 unspecified atom stereocenters. The number of ether oxygens (including phenoxy) is 1. The number of imidazole rings is 1. The van der Waals surface area contributed by atoms with Gasteiger partial charge in [-0.3, -0.25) is 0 Å². The number of fused-ring (bicyclic) bond motifs is 1. The van der Waals surface area contributed by atoms with Gasteiger partial charge in [0.25, 0.3) is 5.82 Å². The lowest BCUT2D eigenvalue weighted by molar-refractivity contribution is 0.0444. The highest BCUT2D eigenvalue weighted by Gasteiger charge is 2.26. The monoisotopic (exact) mass is 535 g/mol. The van der Waals surface area contributed by atoms with Gasteiger partial charge in [0, 0.05) is 29.1 Å². The normalized spacial score (nSPS) is 11.6. The third kappa shape index (κ3) is 5.11. The van der Waals surface area contributed by atoms with Gasteiger partial charge in [0.1, 0.15) is 12.2 Å². The fraction of sp³-hybridized carbons (Fsp3) is 0.276. The highest BCUT2D eigenvalue weighted by atomic mass is 16.5. The highest BCUT2D eigenvalue weighted by Crippen LogP contribution is 2.36. The van der Waals surface area contributed by atoms with E-state index >= 15 is 0 Å². The molecule has 0 amide bonds. The number of nitrogens with zero attached hydrogens (tertiary/aromatic N) is 8. The number of nitrogen functional groups attached to an aromatic ring is 1. The van der Waals surface area contributed by atoms with Gasteiger partial charge in [0.2, 0.25) is 5.95 Å². The number of aromatic nitrogens is 7. The molecule has 0 aliphatic heterocycles. The molecule has 0 saturated heterocycles. The van der Waals surface area contributed by atoms with Crippen molar-refractivity contribution in [3.63, 3.8) is 0 Å². The summed E-state index contributed by atoms with van der Waals surface area (Å²) in [5.41, 5.74) is 10.4. The van der Waals surface area contributed by atoms with E-state index < -0.39 is 5.97 Å². The van der Waals surface area contributed by atoms with Crippen molar-refractivity contribution in [3.8, 4) is 34.3 Å². The van der Waals surface area contributed by atoms with Crippen LogP contribution in [0.3, 0.4) is 0 Å². The summed E-state index contributed by atoms with van der Waals surface area (Å²) >= 11 is 0. The van der Waals surface area contributed by atoms with Crippen LogP contribution in [-0.2, 0) is 10.3 Å². The second-order valence-electron chi connectivity index (χ2n) is 10.8. The number of hydrogen-bond donors (Lipinski definition) is 1. The number of nitrogens with two attached hydrogens (primary N) is 1. The van der Waals surface area contributed by atoms with Crippen LogP contribution in [-0.4, -0.2) is 46.9 Å². The lowest BCUT2D eigenvalue weighted by Crippen LogP contribution is -2.23. The van der Waals surface area contributed by atoms with E-state index in [-0.39, 0.29) is 29.8 Å². The maximum Gasteiger partial charge on any atom is 0.378 e. The molecule has 202 valence electrons. The zero-order valence-electron chi connectivity index (χ0n) is 23.0. The Balaban J connectivity index is 1.67. The van der Waals surface area contributed by atoms with Crippen molar-refractivity contribution >= 4 is 23.0 Å². The molecule has 0 radical (unpaired) electrons. The lowest BCUT2D eigenvalue weighted by atomic mass is 10.0. The third-order valence-corrected chi connectivity index (χ3v) is 6.17. The molecule has 0 spiro atoms. The fourth-order valence-corrected chi connectivity index (χ4v) is 4.37. The Morgan fingerprint density at radius 1 is 1.07 bits per heavy atom. The molecule has 5 aromatic rings. The van der Waals surface area contributed by atoms with Gasteiger partial charge in [-0.25, -0.2) is 29.4 Å². The topological polar surface area (TPSA) is 150 Å². The van der Waals surface area contributed by atoms with Crippen molar-refractivity contribution in [2.45, 2.75) is 40.2 Å². The van der Waals surface area contributed by atoms with E-state index in [1.165, 1.54) is 11.0 Å². The Morgan fingerprint density at radius 3 is 2.50 bits per heavy atom. The number of carbonyl (C=O) groups excluding carboxylic acids is 1. The van der Waals surface area contributed by atoms with Crippen molar-refractivity contribution in [2.24, 2.45) is 5.92 Å². The van der Waals surface area contributed by atoms with Crippen molar-refractivity contribution in [1.82, 2.24) is 34.3 Å². The maximum atomic E-state index is 12.5. The molecule has 5 rings (SSSR count). The largest absolute Gasteiger partial charge is 0.459 e. The number of esters is 1. The average molecular weight is 536 g/mol. The molecule has 0 atom stereocenters. The molecule has 0 fully saturated rings. The Hall–Kier alpha value is -5.11. The summed E-state index contributed by atoms with van der Waals surface area (Å²) in [7, 11) is 0. The molecule has 11 heteroatoms. The summed E-state index contributed by atoms with van der Waals surface area (Å²) < 4.78 is 8.93. The van der Waals surface area contributed by atoms with Crippen LogP contribution in [0.4, 0.5) is 5.95 Å². The molecular weight excluding hydrogens is 506 g/mol. The predicted molar refractivity (Wildman–Crippen MR) is 150 cm³/mol. The van der Waals surface area contributed by atoms with Crippen molar-refractivity contribution in [3.05, 3.63) is 66.5 Å². The Bertz CT molecular complexity index is 1750. The quantitative estimate of drug-likeness (QED) is 0.303. The first-order valence-electron chi connectivity index (χ1n) is 12.8. The minimum Gasteiger partial charge on any atom is -0.459 e. The van der Waals surface area contributed by atoms with E-state index in [9.17, 15) is 10.1 Å². The van der Waals surface area contributed by atoms with Gasteiger partial charge < -0.3 is 15.0 Å². The minimum absolute atomic E-state index is 0.0457. The van der Waals surface area contributed by atoms with Gasteiger partial charge in [-0.05, 0) is 62.6 Å². The van der Waals surface area contributed by atoms with Crippen LogP contribution in [0.15, 0.2) is 55.1 Å². The molecule has 0 bridgehead atoms. The van der Waals surface area contributed by atoms with Gasteiger partial charge in [0.15, 0.2) is 0 Å². The lowest BCUT2D eigenvalue weighted by Gasteiger charge is -2.25. The Kier molecular flexibility index (Phi) is 6.77. The van der Waals surface area contributed by atoms with Crippen LogP contribution < -0.4 is 5.73 Å². The summed E-state index contributed by atoms with van der Waals surface area (Å²) in [6.45, 7) is 10.4. The first-order valence-corrected chi connectivity index (χ1v) is 12.8. The second kappa shape index (κ2) is 10.2. The zero-order chi connectivity index (χ0) is 28.6. The molecule has 2 aromatic carbocycles. The van der Waals surface area contributed by atoms with Crippen LogP contribution in [0, 0.1) is 17.2 Å². The van der Waals surface area contributed by atoms with Crippen LogP contribution >= 0.6 is 0 Å². The third-order valence-electron chi connectivity index (χ3n) is 6.17. The second-order valence-corrected chi connectivity index (χ2v) is 10.8. The summed E-state index contributed by atoms with van der Waals surface area (Å²) in [6.07, 6.45) is 4.81. The summed E-state index contributed by atoms with van der Waals surface area (Å²) in [4.78, 5) is 29.9. The van der Waals surface area contributed by atoms with Gasteiger partial charge in [-0.2, -0.15) is 5.26 Å². The first kappa shape index (κ1) is 26.5. The zero-order valence-corrected chi connectivity index (χ0v) is 23.0. The molecule has 0 aliphatic rings. The van der Waals surface area contributed by atoms with E-state index in [0.29, 0.717) is 22.6 Å². The number of anilines is 1. The van der Waals surface area contributed by atoms with E-state index in [0.717, 1.165) is 22.2 Å². The van der Waals surface area contributed by atoms with E-state index in [1.807, 2.05) is 32.0 Å². The SMILES string of the molecule is CC(C)COC(=O)c1ncn(-c2ccc(C#N)cc2-c2nc3cc(-c4cnc(N)nc4)ccc3n2C(C)(C)C)n1. The molecule has 40 heavy (non-hydrogen) atoms. The van der Waals surface area contributed by atoms with Gasteiger partial charge >= 0.3 is 5.97 Å². The minimum atomic E-state index is -0.594. The summed E-state index contributed by atoms with van der Waals surface area (Å²) in [5, 5.41) is 14.1. The molecule has 0 aliphatic carbocycles. The molecule has 11 nitrogen and oxygen atoms in total. The molecule has 3 aromatic heterocycles. The smallest absolute Gasteiger partial charge is 0.378 e. The standard InChI is InChI=1S/C29H29N9O2/c1-17(2)15-40-27(39)25-34-16-37(36-25)23-8-6-18(12-30)10-21(23)26-35-22-11-19(20-13-32-28(31)33-14-20)7-9-24(22)38(26)29(3,4)5/h6-11,13-14,16-17H,15H2,1-5H3,(H2,31,32,33). The number of benzene rings is 2. The van der Waals surface area contributed by atoms with Crippen molar-refractivity contribution in [1.29, 1.82) is 5.26 Å². The average Bonchev–Trinajstić information content (AvgIpc) is 3.57. The van der Waals surface area contributed by atoms with Crippen LogP contribution in [0.2, 0.25) is 0 Å². The van der Waals surface area contributed by atoms with Crippen molar-refractivity contribution < 1.29 is 9.53 Å². The summed E-state index contributed by atoms with van der Waals surface area (Å²) in [5.74, 6) is 0.396. The van der Waals surface area contributed by atoms with E-state index in [1.54, 1.807) is 30.6 Å². The number of carbonyl (C=O) groups is 1. The van der Waals surface area contributed by atoms with Crippen LogP contribution in [0.1, 0.15) is 50.8 Å². The van der Waals surface area contributed by atoms with E-state index in [2.05, 4.69) is 51.5 Å². The van der Waals surface area contributed by atoms with Crippen LogP contribution in [0.25, 0.3) is 39.2 Å². The highest BCUT2D eigenvalue weighted by molar-refractivity contribution is 5.87. The Labute approximate surface area is 231 Å². The van der Waals surface area contributed by atoms with Crippen LogP contribution in [0.5, 0.6) is 0 Å². The molecule has 2 N–H and O–H groups in total. The fourth-order valence-electron chi connectivity index (χ4n) is 4.37. The molecule has 3 heterocycles. The summed E-state index contributed by atoms with van der Waals surface area (Å²) in [6, 6.07) is 13.4. The molecule has 0 saturated carbocycles. The van der Waals surface area contributed by atoms with Gasteiger partial charge in [0.05, 0.1) is 35.0 Å². The number of nitriles is 1. The maximum absolute atomic E-state index is 12.5. The molecular formula is C29H29N9O2. The van der Waals surface area contributed by atoms with Crippen molar-refractivity contribution in [2.75, 3.05) is 12.3 Å². The number of hydrogen-bond acceptors (Lipinski definition) is 9. The Morgan fingerprint density at radius 2 is 1.82 bits per heavy atom. The van der Waals surface area contributed by atoms with Gasteiger partial charge in [-0.15, -0.1) is 5.10 Å². The first-order chi connectivity index (χ1) is 19.0.